The Morgan fingerprint density at radius 1 is 0.947 bits per heavy atom. The Balaban J connectivity index is 2.59. The molecule has 0 atom stereocenters. The third-order valence-corrected chi connectivity index (χ3v) is 3.72. The Hall–Kier alpha value is -1.51. The van der Waals surface area contributed by atoms with Gasteiger partial charge in [0.2, 0.25) is 0 Å². The van der Waals surface area contributed by atoms with Crippen LogP contribution in [0.2, 0.25) is 10.0 Å². The summed E-state index contributed by atoms with van der Waals surface area (Å²) < 4.78 is 0. The van der Waals surface area contributed by atoms with E-state index in [1.54, 1.807) is 6.07 Å². The Labute approximate surface area is 121 Å². The number of carboxylic acid groups (broad SMARTS) is 1. The SMILES string of the molecule is Cc1cc(Cl)c(-c2ccc(C(=O)O)cc2Cl)cc1C. The largest absolute Gasteiger partial charge is 0.478 e. The minimum absolute atomic E-state index is 0.161. The van der Waals surface area contributed by atoms with Gasteiger partial charge in [-0.05, 0) is 49.2 Å². The van der Waals surface area contributed by atoms with E-state index in [0.717, 1.165) is 22.3 Å². The van der Waals surface area contributed by atoms with Crippen LogP contribution in [0.4, 0.5) is 0 Å². The highest BCUT2D eigenvalue weighted by Crippen LogP contribution is 2.35. The van der Waals surface area contributed by atoms with Crippen molar-refractivity contribution in [1.82, 2.24) is 0 Å². The molecule has 0 spiro atoms. The van der Waals surface area contributed by atoms with Crippen molar-refractivity contribution in [3.05, 3.63) is 57.1 Å². The molecule has 2 aromatic carbocycles. The average molecular weight is 295 g/mol. The molecular weight excluding hydrogens is 283 g/mol. The van der Waals surface area contributed by atoms with Crippen LogP contribution in [0.5, 0.6) is 0 Å². The topological polar surface area (TPSA) is 37.3 Å². The van der Waals surface area contributed by atoms with Gasteiger partial charge in [-0.3, -0.25) is 0 Å². The van der Waals surface area contributed by atoms with E-state index in [2.05, 4.69) is 0 Å². The van der Waals surface area contributed by atoms with Gasteiger partial charge in [-0.15, -0.1) is 0 Å². The molecular formula is C15H12Cl2O2. The molecule has 0 saturated carbocycles. The quantitative estimate of drug-likeness (QED) is 0.848. The number of aromatic carboxylic acids is 1. The number of carbonyl (C=O) groups is 1. The van der Waals surface area contributed by atoms with Crippen molar-refractivity contribution in [3.63, 3.8) is 0 Å². The lowest BCUT2D eigenvalue weighted by atomic mass is 9.99. The fourth-order valence-corrected chi connectivity index (χ4v) is 2.46. The molecule has 0 aliphatic carbocycles. The monoisotopic (exact) mass is 294 g/mol. The Bertz CT molecular complexity index is 663. The van der Waals surface area contributed by atoms with Crippen LogP contribution in [-0.4, -0.2) is 11.1 Å². The summed E-state index contributed by atoms with van der Waals surface area (Å²) >= 11 is 12.4. The number of carboxylic acids is 1. The number of benzene rings is 2. The van der Waals surface area contributed by atoms with Crippen molar-refractivity contribution < 1.29 is 9.90 Å². The third kappa shape index (κ3) is 2.75. The first-order valence-corrected chi connectivity index (χ1v) is 6.45. The van der Waals surface area contributed by atoms with Gasteiger partial charge in [0.05, 0.1) is 5.56 Å². The van der Waals surface area contributed by atoms with Crippen molar-refractivity contribution in [2.24, 2.45) is 0 Å². The number of aryl methyl sites for hydroxylation is 2. The van der Waals surface area contributed by atoms with Gasteiger partial charge in [-0.1, -0.05) is 29.3 Å². The molecule has 0 fully saturated rings. The summed E-state index contributed by atoms with van der Waals surface area (Å²) in [6.45, 7) is 3.98. The van der Waals surface area contributed by atoms with Crippen LogP contribution in [0.3, 0.4) is 0 Å². The van der Waals surface area contributed by atoms with Gasteiger partial charge < -0.3 is 5.11 Å². The first-order chi connectivity index (χ1) is 8.90. The number of hydrogen-bond acceptors (Lipinski definition) is 1. The van der Waals surface area contributed by atoms with Crippen molar-refractivity contribution in [2.45, 2.75) is 13.8 Å². The molecule has 19 heavy (non-hydrogen) atoms. The maximum atomic E-state index is 10.9. The van der Waals surface area contributed by atoms with Crippen molar-refractivity contribution in [1.29, 1.82) is 0 Å². The molecule has 1 N–H and O–H groups in total. The second kappa shape index (κ2) is 5.24. The average Bonchev–Trinajstić information content (AvgIpc) is 2.34. The van der Waals surface area contributed by atoms with Gasteiger partial charge in [0.1, 0.15) is 0 Å². The second-order valence-corrected chi connectivity index (χ2v) is 5.23. The van der Waals surface area contributed by atoms with Gasteiger partial charge in [-0.2, -0.15) is 0 Å². The van der Waals surface area contributed by atoms with Crippen LogP contribution in [0, 0.1) is 13.8 Å². The summed E-state index contributed by atoms with van der Waals surface area (Å²) in [5.74, 6) is -1.00. The predicted octanol–water partition coefficient (Wildman–Crippen LogP) is 4.98. The molecule has 0 heterocycles. The van der Waals surface area contributed by atoms with Crippen molar-refractivity contribution in [2.75, 3.05) is 0 Å². The molecule has 0 saturated heterocycles. The maximum absolute atomic E-state index is 10.9. The Morgan fingerprint density at radius 3 is 2.11 bits per heavy atom. The highest BCUT2D eigenvalue weighted by molar-refractivity contribution is 6.36. The first kappa shape index (κ1) is 13.9. The number of halogens is 2. The van der Waals surface area contributed by atoms with E-state index in [9.17, 15) is 4.79 Å². The lowest BCUT2D eigenvalue weighted by molar-refractivity contribution is 0.0697. The van der Waals surface area contributed by atoms with E-state index >= 15 is 0 Å². The number of rotatable bonds is 2. The zero-order valence-electron chi connectivity index (χ0n) is 10.5. The number of hydrogen-bond donors (Lipinski definition) is 1. The zero-order valence-corrected chi connectivity index (χ0v) is 12.0. The van der Waals surface area contributed by atoms with Crippen molar-refractivity contribution in [3.8, 4) is 11.1 Å². The molecule has 0 amide bonds. The molecule has 0 aromatic heterocycles. The van der Waals surface area contributed by atoms with E-state index in [4.69, 9.17) is 28.3 Å². The van der Waals surface area contributed by atoms with E-state index in [0.29, 0.717) is 10.0 Å². The molecule has 0 radical (unpaired) electrons. The van der Waals surface area contributed by atoms with Crippen LogP contribution in [0.15, 0.2) is 30.3 Å². The maximum Gasteiger partial charge on any atom is 0.335 e. The third-order valence-electron chi connectivity index (χ3n) is 3.09. The summed E-state index contributed by atoms with van der Waals surface area (Å²) in [6, 6.07) is 8.48. The van der Waals surface area contributed by atoms with E-state index in [1.165, 1.54) is 12.1 Å². The van der Waals surface area contributed by atoms with Gasteiger partial charge >= 0.3 is 5.97 Å². The fraction of sp³-hybridized carbons (Fsp3) is 0.133. The highest BCUT2D eigenvalue weighted by atomic mass is 35.5. The van der Waals surface area contributed by atoms with E-state index < -0.39 is 5.97 Å². The summed E-state index contributed by atoms with van der Waals surface area (Å²) in [7, 11) is 0. The Morgan fingerprint density at radius 2 is 1.53 bits per heavy atom. The van der Waals surface area contributed by atoms with Crippen LogP contribution in [0.1, 0.15) is 21.5 Å². The fourth-order valence-electron chi connectivity index (χ4n) is 1.85. The summed E-state index contributed by atoms with van der Waals surface area (Å²) in [5.41, 5.74) is 3.92. The second-order valence-electron chi connectivity index (χ2n) is 4.42. The molecule has 0 aliphatic heterocycles. The molecule has 0 aliphatic rings. The van der Waals surface area contributed by atoms with Crippen LogP contribution < -0.4 is 0 Å². The van der Waals surface area contributed by atoms with Crippen LogP contribution >= 0.6 is 23.2 Å². The molecule has 98 valence electrons. The van der Waals surface area contributed by atoms with E-state index in [1.807, 2.05) is 26.0 Å². The Kier molecular flexibility index (Phi) is 3.83. The zero-order chi connectivity index (χ0) is 14.2. The molecule has 0 bridgehead atoms. The molecule has 2 nitrogen and oxygen atoms in total. The summed E-state index contributed by atoms with van der Waals surface area (Å²) in [6.07, 6.45) is 0. The van der Waals surface area contributed by atoms with Crippen LogP contribution in [0.25, 0.3) is 11.1 Å². The standard InChI is InChI=1S/C15H12Cl2O2/c1-8-5-12(13(16)6-9(8)2)11-4-3-10(15(18)19)7-14(11)17/h3-7H,1-2H3,(H,18,19). The minimum atomic E-state index is -1.00. The lowest BCUT2D eigenvalue weighted by Gasteiger charge is -2.10. The normalized spacial score (nSPS) is 10.5. The molecule has 0 unspecified atom stereocenters. The minimum Gasteiger partial charge on any atom is -0.478 e. The van der Waals surface area contributed by atoms with Gasteiger partial charge in [0, 0.05) is 21.2 Å². The molecule has 4 heteroatoms. The highest BCUT2D eigenvalue weighted by Gasteiger charge is 2.12. The van der Waals surface area contributed by atoms with Gasteiger partial charge in [0.15, 0.2) is 0 Å². The molecule has 2 rings (SSSR count). The lowest BCUT2D eigenvalue weighted by Crippen LogP contribution is -1.96. The van der Waals surface area contributed by atoms with Gasteiger partial charge in [0.25, 0.3) is 0 Å². The van der Waals surface area contributed by atoms with Gasteiger partial charge in [-0.25, -0.2) is 4.79 Å². The van der Waals surface area contributed by atoms with E-state index in [-0.39, 0.29) is 5.56 Å². The molecule has 2 aromatic rings. The van der Waals surface area contributed by atoms with Crippen LogP contribution in [-0.2, 0) is 0 Å². The smallest absolute Gasteiger partial charge is 0.335 e. The summed E-state index contributed by atoms with van der Waals surface area (Å²) in [4.78, 5) is 10.9. The van der Waals surface area contributed by atoms with Crippen molar-refractivity contribution >= 4 is 29.2 Å². The summed E-state index contributed by atoms with van der Waals surface area (Å²) in [5, 5.41) is 9.91. The first-order valence-electron chi connectivity index (χ1n) is 5.70. The predicted molar refractivity (Wildman–Crippen MR) is 78.3 cm³/mol.